The lowest BCUT2D eigenvalue weighted by Crippen LogP contribution is -2.28. The summed E-state index contributed by atoms with van der Waals surface area (Å²) in [5.74, 6) is 0. The fourth-order valence-electron chi connectivity index (χ4n) is 11.6. The summed E-state index contributed by atoms with van der Waals surface area (Å²) in [7, 11) is 0. The van der Waals surface area contributed by atoms with Crippen LogP contribution in [0.3, 0.4) is 0 Å². The van der Waals surface area contributed by atoms with Crippen LogP contribution in [0.1, 0.15) is 22.3 Å². The molecule has 0 amide bonds. The molecular weight excluding hydrogens is 865 g/mol. The van der Waals surface area contributed by atoms with Crippen molar-refractivity contribution in [1.82, 2.24) is 4.57 Å². The summed E-state index contributed by atoms with van der Waals surface area (Å²) in [4.78, 5) is 2.49. The Labute approximate surface area is 411 Å². The average molecular weight is 909 g/mol. The van der Waals surface area contributed by atoms with Crippen LogP contribution in [0.25, 0.3) is 81.0 Å². The first-order valence-electron chi connectivity index (χ1n) is 24.1. The minimum Gasteiger partial charge on any atom is -0.310 e. The largest absolute Gasteiger partial charge is 0.310 e. The molecule has 3 heteroatoms. The van der Waals surface area contributed by atoms with Crippen molar-refractivity contribution < 1.29 is 0 Å². The van der Waals surface area contributed by atoms with Gasteiger partial charge in [-0.3, -0.25) is 0 Å². The van der Waals surface area contributed by atoms with Gasteiger partial charge in [0.2, 0.25) is 0 Å². The minimum atomic E-state index is -0.531. The molecule has 0 saturated carbocycles. The molecule has 2 heterocycles. The number of thiophene rings is 1. The summed E-state index contributed by atoms with van der Waals surface area (Å²) >= 11 is 1.86. The third kappa shape index (κ3) is 6.19. The molecule has 70 heavy (non-hydrogen) atoms. The fraction of sp³-hybridized carbons (Fsp3) is 0.0149. The van der Waals surface area contributed by atoms with Gasteiger partial charge < -0.3 is 9.47 Å². The second-order valence-corrected chi connectivity index (χ2v) is 19.5. The highest BCUT2D eigenvalue weighted by Crippen LogP contribution is 2.59. The molecule has 0 atom stereocenters. The van der Waals surface area contributed by atoms with Gasteiger partial charge in [-0.25, -0.2) is 0 Å². The Hall–Kier alpha value is -8.76. The molecule has 0 saturated heterocycles. The molecule has 0 fully saturated rings. The Morgan fingerprint density at radius 1 is 0.343 bits per heavy atom. The molecule has 13 aromatic rings. The van der Waals surface area contributed by atoms with Crippen LogP contribution in [0.2, 0.25) is 0 Å². The van der Waals surface area contributed by atoms with Crippen molar-refractivity contribution in [3.63, 3.8) is 0 Å². The van der Waals surface area contributed by atoms with E-state index in [1.807, 2.05) is 11.3 Å². The molecule has 0 aliphatic heterocycles. The van der Waals surface area contributed by atoms with Gasteiger partial charge in [-0.1, -0.05) is 194 Å². The van der Waals surface area contributed by atoms with Gasteiger partial charge in [0, 0.05) is 53.6 Å². The second-order valence-electron chi connectivity index (χ2n) is 18.4. The summed E-state index contributed by atoms with van der Waals surface area (Å²) in [6.07, 6.45) is 0. The van der Waals surface area contributed by atoms with Crippen LogP contribution in [-0.4, -0.2) is 4.57 Å². The molecule has 328 valence electrons. The van der Waals surface area contributed by atoms with E-state index in [2.05, 4.69) is 276 Å². The maximum absolute atomic E-state index is 2.49. The molecule has 0 bridgehead atoms. The summed E-state index contributed by atoms with van der Waals surface area (Å²) in [5, 5.41) is 5.13. The number of benzene rings is 11. The van der Waals surface area contributed by atoms with E-state index in [0.29, 0.717) is 0 Å². The van der Waals surface area contributed by atoms with E-state index in [1.165, 1.54) is 97.6 Å². The van der Waals surface area contributed by atoms with Crippen LogP contribution in [0.15, 0.2) is 267 Å². The van der Waals surface area contributed by atoms with Crippen LogP contribution in [0.4, 0.5) is 17.1 Å². The van der Waals surface area contributed by atoms with Gasteiger partial charge in [-0.05, 0) is 123 Å². The van der Waals surface area contributed by atoms with Crippen molar-refractivity contribution >= 4 is 70.4 Å². The predicted molar refractivity (Wildman–Crippen MR) is 297 cm³/mol. The van der Waals surface area contributed by atoms with Crippen LogP contribution >= 0.6 is 11.3 Å². The molecule has 1 aliphatic carbocycles. The molecule has 14 rings (SSSR count). The molecule has 1 aliphatic rings. The SMILES string of the molecule is c1ccc(C2(c3ccccc3)c3ccccc3-c3c(N(c4ccc(-c5cccc(-c6ccc7sc8ccccc8c7c6)c5)cc4)c4cccc(-n5c6ccccc6c6ccccc65)c4)cccc32)cc1. The van der Waals surface area contributed by atoms with E-state index < -0.39 is 5.41 Å². The van der Waals surface area contributed by atoms with Crippen LogP contribution in [0.5, 0.6) is 0 Å². The molecule has 11 aromatic carbocycles. The van der Waals surface area contributed by atoms with Gasteiger partial charge in [0.15, 0.2) is 0 Å². The Kier molecular flexibility index (Phi) is 9.33. The number of rotatable bonds is 8. The summed E-state index contributed by atoms with van der Waals surface area (Å²) in [5.41, 5.74) is 18.6. The van der Waals surface area contributed by atoms with E-state index in [0.717, 1.165) is 22.7 Å². The maximum Gasteiger partial charge on any atom is 0.0714 e. The molecule has 0 unspecified atom stereocenters. The second kappa shape index (κ2) is 16.2. The fourth-order valence-corrected chi connectivity index (χ4v) is 12.7. The van der Waals surface area contributed by atoms with Gasteiger partial charge in [-0.2, -0.15) is 0 Å². The van der Waals surface area contributed by atoms with Crippen molar-refractivity contribution in [3.8, 4) is 39.1 Å². The van der Waals surface area contributed by atoms with Gasteiger partial charge in [0.25, 0.3) is 0 Å². The molecule has 0 radical (unpaired) electrons. The van der Waals surface area contributed by atoms with E-state index in [1.54, 1.807) is 0 Å². The number of hydrogen-bond donors (Lipinski definition) is 0. The predicted octanol–water partition coefficient (Wildman–Crippen LogP) is 18.3. The first kappa shape index (κ1) is 40.3. The van der Waals surface area contributed by atoms with Crippen molar-refractivity contribution in [1.29, 1.82) is 0 Å². The van der Waals surface area contributed by atoms with Crippen LogP contribution in [0, 0.1) is 0 Å². The summed E-state index contributed by atoms with van der Waals surface area (Å²) < 4.78 is 5.06. The van der Waals surface area contributed by atoms with Gasteiger partial charge in [-0.15, -0.1) is 11.3 Å². The molecule has 0 N–H and O–H groups in total. The molecule has 2 nitrogen and oxygen atoms in total. The molecule has 0 spiro atoms. The Balaban J connectivity index is 0.958. The lowest BCUT2D eigenvalue weighted by molar-refractivity contribution is 0.768. The first-order valence-corrected chi connectivity index (χ1v) is 24.9. The number of hydrogen-bond acceptors (Lipinski definition) is 2. The van der Waals surface area contributed by atoms with Gasteiger partial charge in [0.05, 0.1) is 22.1 Å². The lowest BCUT2D eigenvalue weighted by atomic mass is 9.68. The summed E-state index contributed by atoms with van der Waals surface area (Å²) in [6, 6.07) is 98.6. The first-order chi connectivity index (χ1) is 34.7. The van der Waals surface area contributed by atoms with Crippen molar-refractivity contribution in [3.05, 3.63) is 289 Å². The van der Waals surface area contributed by atoms with Crippen molar-refractivity contribution in [2.45, 2.75) is 5.41 Å². The van der Waals surface area contributed by atoms with E-state index in [-0.39, 0.29) is 0 Å². The summed E-state index contributed by atoms with van der Waals surface area (Å²) in [6.45, 7) is 0. The highest BCUT2D eigenvalue weighted by Gasteiger charge is 2.47. The van der Waals surface area contributed by atoms with Gasteiger partial charge in [0.1, 0.15) is 0 Å². The van der Waals surface area contributed by atoms with Crippen molar-refractivity contribution in [2.24, 2.45) is 0 Å². The number of fused-ring (bicyclic) bond motifs is 9. The number of nitrogens with zero attached hydrogens (tertiary/aromatic N) is 2. The van der Waals surface area contributed by atoms with E-state index in [4.69, 9.17) is 0 Å². The monoisotopic (exact) mass is 908 g/mol. The maximum atomic E-state index is 2.49. The minimum absolute atomic E-state index is 0.531. The zero-order chi connectivity index (χ0) is 46.2. The standard InChI is InChI=1S/C67H44N2S/c1-3-20-49(21-4-1)67(50-22-5-2-6-23-50)59-30-11-7-29-57(59)66-60(67)31-17-34-63(66)68(52-24-16-25-53(44-52)69-61-32-12-8-26-54(61)55-27-9-13-33-62(55)69)51-39-36-45(37-40-51)46-18-15-19-47(42-46)48-38-41-65-58(43-48)56-28-10-14-35-64(56)70-65/h1-44H. The highest BCUT2D eigenvalue weighted by atomic mass is 32.1. The topological polar surface area (TPSA) is 8.17 Å². The molecule has 2 aromatic heterocycles. The van der Waals surface area contributed by atoms with Gasteiger partial charge >= 0.3 is 0 Å². The number of aromatic nitrogens is 1. The number of para-hydroxylation sites is 2. The van der Waals surface area contributed by atoms with Crippen LogP contribution in [-0.2, 0) is 5.41 Å². The third-order valence-corrected chi connectivity index (χ3v) is 15.8. The highest BCUT2D eigenvalue weighted by molar-refractivity contribution is 7.25. The lowest BCUT2D eigenvalue weighted by Gasteiger charge is -2.34. The quantitative estimate of drug-likeness (QED) is 0.147. The Morgan fingerprint density at radius 3 is 1.64 bits per heavy atom. The van der Waals surface area contributed by atoms with E-state index in [9.17, 15) is 0 Å². The smallest absolute Gasteiger partial charge is 0.0714 e. The van der Waals surface area contributed by atoms with E-state index >= 15 is 0 Å². The molecular formula is C67H44N2S. The normalized spacial score (nSPS) is 12.7. The Bertz CT molecular complexity index is 4030. The Morgan fingerprint density at radius 2 is 0.900 bits per heavy atom. The number of anilines is 3. The van der Waals surface area contributed by atoms with Crippen LogP contribution < -0.4 is 4.90 Å². The van der Waals surface area contributed by atoms with Crippen molar-refractivity contribution in [2.75, 3.05) is 4.90 Å². The third-order valence-electron chi connectivity index (χ3n) is 14.7. The zero-order valence-corrected chi connectivity index (χ0v) is 39.0. The average Bonchev–Trinajstić information content (AvgIpc) is 4.08. The zero-order valence-electron chi connectivity index (χ0n) is 38.2.